The third-order valence-corrected chi connectivity index (χ3v) is 8.08. The second kappa shape index (κ2) is 11.5. The molecule has 0 radical (unpaired) electrons. The van der Waals surface area contributed by atoms with Crippen LogP contribution in [0.15, 0.2) is 0 Å². The largest absolute Gasteiger partial charge is 0.388 e. The summed E-state index contributed by atoms with van der Waals surface area (Å²) in [7, 11) is 0. The summed E-state index contributed by atoms with van der Waals surface area (Å²) in [5, 5.41) is 36.6. The van der Waals surface area contributed by atoms with Crippen LogP contribution in [0, 0.1) is 17.8 Å². The van der Waals surface area contributed by atoms with Gasteiger partial charge in [0.2, 0.25) is 5.91 Å². The number of amides is 1. The Morgan fingerprint density at radius 3 is 2.56 bits per heavy atom. The fraction of sp³-hybridized carbons (Fsp3) is 0.955. The van der Waals surface area contributed by atoms with Crippen molar-refractivity contribution in [2.45, 2.75) is 93.5 Å². The Kier molecular flexibility index (Phi) is 9.54. The van der Waals surface area contributed by atoms with Crippen LogP contribution in [0.1, 0.15) is 40.0 Å². The Hall–Kier alpha value is -0.130. The number of carbonyl (C=O) groups is 1. The molecule has 8 nitrogen and oxygen atoms in total. The van der Waals surface area contributed by atoms with Crippen molar-refractivity contribution in [2.75, 3.05) is 19.4 Å². The average molecular weight is 495 g/mol. The molecule has 11 atom stereocenters. The zero-order chi connectivity index (χ0) is 23.6. The topological polar surface area (TPSA) is 120 Å². The molecule has 186 valence electrons. The van der Waals surface area contributed by atoms with E-state index in [2.05, 4.69) is 24.5 Å². The van der Waals surface area contributed by atoms with E-state index in [1.165, 1.54) is 11.8 Å². The lowest BCUT2D eigenvalue weighted by atomic mass is 9.85. The quantitative estimate of drug-likeness (QED) is 0.328. The molecule has 0 aromatic rings. The number of halogens is 1. The lowest BCUT2D eigenvalue weighted by molar-refractivity contribution is -0.205. The maximum Gasteiger partial charge on any atom is 0.240 e. The van der Waals surface area contributed by atoms with Gasteiger partial charge in [-0.25, -0.2) is 0 Å². The third-order valence-electron chi connectivity index (χ3n) is 6.95. The first-order valence-electron chi connectivity index (χ1n) is 11.7. The Morgan fingerprint density at radius 1 is 1.22 bits per heavy atom. The van der Waals surface area contributed by atoms with Gasteiger partial charge in [-0.3, -0.25) is 4.79 Å². The maximum atomic E-state index is 13.3. The maximum absolute atomic E-state index is 13.3. The number of fused-ring (bicyclic) bond motifs is 1. The van der Waals surface area contributed by atoms with Gasteiger partial charge in [0, 0.05) is 13.2 Å². The lowest BCUT2D eigenvalue weighted by Crippen LogP contribution is -2.65. The van der Waals surface area contributed by atoms with Crippen LogP contribution >= 0.6 is 23.4 Å². The molecular formula is C22H39ClN2O6S. The molecule has 3 heterocycles. The van der Waals surface area contributed by atoms with E-state index in [0.29, 0.717) is 18.4 Å². The highest BCUT2D eigenvalue weighted by atomic mass is 35.5. The minimum atomic E-state index is -1.39. The molecule has 0 aliphatic carbocycles. The van der Waals surface area contributed by atoms with Gasteiger partial charge in [-0.2, -0.15) is 0 Å². The van der Waals surface area contributed by atoms with Crippen LogP contribution in [0.2, 0.25) is 0 Å². The molecule has 11 unspecified atom stereocenters. The van der Waals surface area contributed by atoms with Gasteiger partial charge < -0.3 is 35.4 Å². The molecule has 1 amide bonds. The molecule has 3 rings (SSSR count). The molecule has 0 saturated carbocycles. The highest BCUT2D eigenvalue weighted by molar-refractivity contribution is 7.99. The first-order valence-corrected chi connectivity index (χ1v) is 13.4. The zero-order valence-electron chi connectivity index (χ0n) is 19.3. The van der Waals surface area contributed by atoms with Gasteiger partial charge >= 0.3 is 0 Å². The van der Waals surface area contributed by atoms with E-state index in [0.717, 1.165) is 25.8 Å². The number of carbonyl (C=O) groups excluding carboxylic acids is 1. The van der Waals surface area contributed by atoms with Crippen LogP contribution in [-0.2, 0) is 14.3 Å². The summed E-state index contributed by atoms with van der Waals surface area (Å²) in [5.74, 6) is 1.26. The van der Waals surface area contributed by atoms with Crippen LogP contribution in [0.4, 0.5) is 0 Å². The Morgan fingerprint density at radius 2 is 1.94 bits per heavy atom. The Balaban J connectivity index is 1.68. The van der Waals surface area contributed by atoms with E-state index in [9.17, 15) is 20.1 Å². The van der Waals surface area contributed by atoms with E-state index in [1.54, 1.807) is 13.2 Å². The van der Waals surface area contributed by atoms with Crippen LogP contribution in [-0.4, -0.2) is 94.1 Å². The van der Waals surface area contributed by atoms with Gasteiger partial charge in [0.25, 0.3) is 0 Å². The predicted molar refractivity (Wildman–Crippen MR) is 125 cm³/mol. The number of nitrogens with one attached hydrogen (secondary N) is 2. The number of ether oxygens (including phenoxy) is 2. The number of rotatable bonds is 7. The number of hydrogen-bond acceptors (Lipinski definition) is 8. The van der Waals surface area contributed by atoms with Gasteiger partial charge in [0.15, 0.2) is 0 Å². The third kappa shape index (κ3) is 5.92. The van der Waals surface area contributed by atoms with E-state index >= 15 is 0 Å². The van der Waals surface area contributed by atoms with E-state index in [-0.39, 0.29) is 17.9 Å². The Labute approximate surface area is 200 Å². The first kappa shape index (κ1) is 26.5. The minimum Gasteiger partial charge on any atom is -0.388 e. The van der Waals surface area contributed by atoms with Gasteiger partial charge in [-0.15, -0.1) is 23.4 Å². The first-order chi connectivity index (χ1) is 15.1. The van der Waals surface area contributed by atoms with Crippen molar-refractivity contribution in [3.05, 3.63) is 0 Å². The Bertz CT molecular complexity index is 627. The summed E-state index contributed by atoms with van der Waals surface area (Å²) in [6.45, 7) is 7.54. The van der Waals surface area contributed by atoms with Crippen molar-refractivity contribution in [1.29, 1.82) is 0 Å². The summed E-state index contributed by atoms with van der Waals surface area (Å²) < 4.78 is 12.0. The van der Waals surface area contributed by atoms with Crippen molar-refractivity contribution in [1.82, 2.24) is 10.6 Å². The minimum absolute atomic E-state index is 0.206. The molecule has 0 spiro atoms. The van der Waals surface area contributed by atoms with Crippen molar-refractivity contribution in [3.8, 4) is 0 Å². The summed E-state index contributed by atoms with van der Waals surface area (Å²) in [6.07, 6.45) is -0.199. The standard InChI is InChI=1S/C22H39ClN2O6S/c1-10(2)7-12-5-6-30-19-13(8-12)9-24-15(19)21(29)25-14(11(3)23)20-17(27)16(26)18(28)22(31-20)32-4/h10-20,22,24,26-28H,5-9H2,1-4H3,(H,25,29). The summed E-state index contributed by atoms with van der Waals surface area (Å²) in [5.41, 5.74) is -0.731. The van der Waals surface area contributed by atoms with Crippen molar-refractivity contribution in [2.24, 2.45) is 17.8 Å². The molecule has 0 aromatic heterocycles. The van der Waals surface area contributed by atoms with Crippen LogP contribution < -0.4 is 10.6 Å². The number of hydrogen-bond donors (Lipinski definition) is 5. The number of aliphatic hydroxyl groups is 3. The fourth-order valence-electron chi connectivity index (χ4n) is 5.35. The smallest absolute Gasteiger partial charge is 0.240 e. The van der Waals surface area contributed by atoms with Gasteiger partial charge in [-0.05, 0) is 50.2 Å². The second-order valence-corrected chi connectivity index (χ2v) is 11.5. The van der Waals surface area contributed by atoms with Crippen LogP contribution in [0.25, 0.3) is 0 Å². The molecule has 0 aromatic carbocycles. The van der Waals surface area contributed by atoms with Gasteiger partial charge in [-0.1, -0.05) is 13.8 Å². The zero-order valence-corrected chi connectivity index (χ0v) is 20.9. The summed E-state index contributed by atoms with van der Waals surface area (Å²) >= 11 is 7.62. The molecule has 0 bridgehead atoms. The molecule has 32 heavy (non-hydrogen) atoms. The van der Waals surface area contributed by atoms with Crippen LogP contribution in [0.3, 0.4) is 0 Å². The fourth-order valence-corrected chi connectivity index (χ4v) is 6.24. The van der Waals surface area contributed by atoms with Gasteiger partial charge in [0.1, 0.15) is 35.9 Å². The average Bonchev–Trinajstić information content (AvgIpc) is 3.02. The summed E-state index contributed by atoms with van der Waals surface area (Å²) in [6, 6.07) is -1.26. The number of alkyl halides is 1. The summed E-state index contributed by atoms with van der Waals surface area (Å²) in [4.78, 5) is 13.3. The van der Waals surface area contributed by atoms with Crippen LogP contribution in [0.5, 0.6) is 0 Å². The van der Waals surface area contributed by atoms with Crippen molar-refractivity contribution < 1.29 is 29.6 Å². The van der Waals surface area contributed by atoms with E-state index in [1.807, 2.05) is 0 Å². The number of aliphatic hydroxyl groups excluding tert-OH is 3. The molecular weight excluding hydrogens is 456 g/mol. The van der Waals surface area contributed by atoms with Gasteiger partial charge in [0.05, 0.1) is 17.5 Å². The predicted octanol–water partition coefficient (Wildman–Crippen LogP) is 0.698. The number of thioether (sulfide) groups is 1. The lowest BCUT2D eigenvalue weighted by Gasteiger charge is -2.44. The van der Waals surface area contributed by atoms with E-state index < -0.39 is 47.3 Å². The normalized spacial score (nSPS) is 42.2. The molecule has 3 saturated heterocycles. The molecule has 3 fully saturated rings. The molecule has 3 aliphatic rings. The van der Waals surface area contributed by atoms with Crippen molar-refractivity contribution >= 4 is 29.3 Å². The second-order valence-electron chi connectivity index (χ2n) is 9.89. The molecule has 10 heteroatoms. The highest BCUT2D eigenvalue weighted by Gasteiger charge is 2.49. The monoisotopic (exact) mass is 494 g/mol. The SMILES string of the molecule is CSC1OC(C(NC(=O)C2NCC3CC(CC(C)C)CCOC32)C(C)Cl)C(O)C(O)C1O. The molecule has 5 N–H and O–H groups in total. The highest BCUT2D eigenvalue weighted by Crippen LogP contribution is 2.34. The van der Waals surface area contributed by atoms with E-state index in [4.69, 9.17) is 21.1 Å². The van der Waals surface area contributed by atoms with Crippen molar-refractivity contribution in [3.63, 3.8) is 0 Å². The molecule has 3 aliphatic heterocycles.